The smallest absolute Gasteiger partial charge is 0.329 e. The highest BCUT2D eigenvalue weighted by atomic mass is 32.2. The molecule has 0 aliphatic rings. The average molecular weight is 365 g/mol. The fraction of sp³-hybridized carbons (Fsp3) is 0.231. The summed E-state index contributed by atoms with van der Waals surface area (Å²) in [5.41, 5.74) is -0.0295. The molecule has 0 bridgehead atoms. The van der Waals surface area contributed by atoms with Gasteiger partial charge in [-0.3, -0.25) is 0 Å². The van der Waals surface area contributed by atoms with Crippen molar-refractivity contribution in [2.24, 2.45) is 0 Å². The first-order chi connectivity index (χ1) is 11.1. The Morgan fingerprint density at radius 3 is 2.58 bits per heavy atom. The van der Waals surface area contributed by atoms with Crippen molar-refractivity contribution in [2.75, 3.05) is 0 Å². The van der Waals surface area contributed by atoms with Gasteiger partial charge in [-0.15, -0.1) is 0 Å². The number of nitrogens with zero attached hydrogens (tertiary/aromatic N) is 2. The van der Waals surface area contributed by atoms with Gasteiger partial charge < -0.3 is 4.52 Å². The molecule has 0 radical (unpaired) electrons. The van der Waals surface area contributed by atoms with E-state index in [0.717, 1.165) is 17.5 Å². The van der Waals surface area contributed by atoms with Crippen LogP contribution in [0.3, 0.4) is 0 Å². The Morgan fingerprint density at radius 1 is 1.33 bits per heavy atom. The van der Waals surface area contributed by atoms with Gasteiger partial charge in [0.25, 0.3) is 0 Å². The number of hydrogen-bond acceptors (Lipinski definition) is 5. The quantitative estimate of drug-likeness (QED) is 0.824. The summed E-state index contributed by atoms with van der Waals surface area (Å²) in [7, 11) is -3.64. The summed E-state index contributed by atoms with van der Waals surface area (Å²) in [6, 6.07) is 3.44. The van der Waals surface area contributed by atoms with Crippen molar-refractivity contribution in [2.45, 2.75) is 19.6 Å². The number of rotatable bonds is 5. The van der Waals surface area contributed by atoms with E-state index in [9.17, 15) is 26.0 Å². The second-order valence-corrected chi connectivity index (χ2v) is 6.22. The minimum absolute atomic E-state index is 0.191. The molecule has 0 amide bonds. The van der Waals surface area contributed by atoms with Gasteiger partial charge in [0.15, 0.2) is 0 Å². The third-order valence-corrected chi connectivity index (χ3v) is 3.91. The van der Waals surface area contributed by atoms with Crippen molar-refractivity contribution in [3.63, 3.8) is 0 Å². The van der Waals surface area contributed by atoms with E-state index >= 15 is 0 Å². The minimum atomic E-state index is -4.83. The molecule has 1 N–H and O–H groups in total. The number of benzene rings is 1. The van der Waals surface area contributed by atoms with Gasteiger partial charge >= 0.3 is 12.1 Å². The highest BCUT2D eigenvalue weighted by molar-refractivity contribution is 7.92. The minimum Gasteiger partial charge on any atom is -0.329 e. The first-order valence-electron chi connectivity index (χ1n) is 6.44. The fourth-order valence-electron chi connectivity index (χ4n) is 1.71. The van der Waals surface area contributed by atoms with E-state index in [1.807, 2.05) is 0 Å². The van der Waals surface area contributed by atoms with Crippen LogP contribution in [0.1, 0.15) is 18.4 Å². The molecule has 1 heterocycles. The normalized spacial score (nSPS) is 12.9. The molecule has 0 unspecified atom stereocenters. The van der Waals surface area contributed by atoms with E-state index in [1.54, 1.807) is 0 Å². The maximum absolute atomic E-state index is 14.0. The van der Waals surface area contributed by atoms with Crippen LogP contribution in [0.2, 0.25) is 0 Å². The van der Waals surface area contributed by atoms with Gasteiger partial charge in [0.05, 0.1) is 5.56 Å². The Labute approximate surface area is 134 Å². The van der Waals surface area contributed by atoms with Crippen LogP contribution >= 0.6 is 0 Å². The van der Waals surface area contributed by atoms with E-state index in [-0.39, 0.29) is 17.7 Å². The van der Waals surface area contributed by atoms with Gasteiger partial charge in [-0.2, -0.15) is 18.2 Å². The highest BCUT2D eigenvalue weighted by Gasteiger charge is 2.38. The van der Waals surface area contributed by atoms with E-state index in [0.29, 0.717) is 0 Å². The Morgan fingerprint density at radius 2 is 2.04 bits per heavy atom. The molecule has 0 saturated heterocycles. The lowest BCUT2D eigenvalue weighted by Gasteiger charge is -2.05. The number of halogens is 4. The first-order valence-corrected chi connectivity index (χ1v) is 7.99. The predicted molar refractivity (Wildman–Crippen MR) is 75.3 cm³/mol. The topological polar surface area (TPSA) is 85.1 Å². The van der Waals surface area contributed by atoms with E-state index < -0.39 is 33.7 Å². The maximum Gasteiger partial charge on any atom is 0.471 e. The van der Waals surface area contributed by atoms with Crippen LogP contribution in [0, 0.1) is 5.82 Å². The Bertz CT molecular complexity index is 860. The van der Waals surface area contributed by atoms with E-state index in [2.05, 4.69) is 19.4 Å². The van der Waals surface area contributed by atoms with Gasteiger partial charge in [-0.25, -0.2) is 17.5 Å². The lowest BCUT2D eigenvalue weighted by atomic mass is 10.1. The molecule has 2 aromatic rings. The first kappa shape index (κ1) is 18.1. The molecule has 0 spiro atoms. The summed E-state index contributed by atoms with van der Waals surface area (Å²) >= 11 is 0. The summed E-state index contributed by atoms with van der Waals surface area (Å²) in [5, 5.41) is 4.03. The van der Waals surface area contributed by atoms with Crippen molar-refractivity contribution in [1.29, 1.82) is 0 Å². The van der Waals surface area contributed by atoms with E-state index in [1.165, 1.54) is 19.1 Å². The average Bonchev–Trinajstić information content (AvgIpc) is 2.95. The molecule has 0 saturated carbocycles. The molecule has 130 valence electrons. The molecular formula is C13H11F4N3O3S. The molecule has 1 aromatic carbocycles. The zero-order valence-electron chi connectivity index (χ0n) is 12.1. The third kappa shape index (κ3) is 4.38. The van der Waals surface area contributed by atoms with Crippen LogP contribution in [-0.2, 0) is 22.7 Å². The Hall–Kier alpha value is -2.27. The molecule has 6 nitrogen and oxygen atoms in total. The van der Waals surface area contributed by atoms with Gasteiger partial charge in [0, 0.05) is 12.0 Å². The number of aromatic nitrogens is 2. The monoisotopic (exact) mass is 365 g/mol. The second-order valence-electron chi connectivity index (χ2n) is 4.57. The van der Waals surface area contributed by atoms with Gasteiger partial charge in [0.1, 0.15) is 5.82 Å². The number of allylic oxidation sites excluding steroid dienone is 1. The zero-order valence-corrected chi connectivity index (χ0v) is 12.9. The molecular weight excluding hydrogens is 354 g/mol. The fourth-order valence-corrected chi connectivity index (χ4v) is 2.53. The van der Waals surface area contributed by atoms with Crippen LogP contribution in [0.25, 0.3) is 11.4 Å². The second kappa shape index (κ2) is 6.69. The van der Waals surface area contributed by atoms with Gasteiger partial charge in [-0.1, -0.05) is 17.3 Å². The standard InChI is InChI=1S/C13H11F4N3O3S/c1-2-5-24(21,22)18-7-8-3-4-9(10(14)6-8)11-19-12(23-20-11)13(15,16)17/h2-6,18H,7H2,1H3/b5-2+. The number of alkyl halides is 3. The summed E-state index contributed by atoms with van der Waals surface area (Å²) < 4.78 is 80.3. The number of nitrogens with one attached hydrogen (secondary N) is 1. The molecule has 24 heavy (non-hydrogen) atoms. The van der Waals surface area contributed by atoms with Crippen LogP contribution in [0.15, 0.2) is 34.2 Å². The predicted octanol–water partition coefficient (Wildman–Crippen LogP) is 2.85. The van der Waals surface area contributed by atoms with Gasteiger partial charge in [0.2, 0.25) is 15.8 Å². The Balaban J connectivity index is 2.20. The van der Waals surface area contributed by atoms with Crippen LogP contribution in [-0.4, -0.2) is 18.6 Å². The molecule has 2 rings (SSSR count). The summed E-state index contributed by atoms with van der Waals surface area (Å²) in [6.45, 7) is 1.33. The SMILES string of the molecule is C/C=C/S(=O)(=O)NCc1ccc(-c2noc(C(F)(F)F)n2)c(F)c1. The summed E-state index contributed by atoms with van der Waals surface area (Å²) in [5.74, 6) is -3.05. The molecule has 0 atom stereocenters. The van der Waals surface area contributed by atoms with Crippen LogP contribution in [0.5, 0.6) is 0 Å². The van der Waals surface area contributed by atoms with Crippen molar-refractivity contribution in [3.8, 4) is 11.4 Å². The third-order valence-electron chi connectivity index (χ3n) is 2.74. The summed E-state index contributed by atoms with van der Waals surface area (Å²) in [6.07, 6.45) is -3.51. The van der Waals surface area contributed by atoms with Crippen LogP contribution in [0.4, 0.5) is 17.6 Å². The number of hydrogen-bond donors (Lipinski definition) is 1. The van der Waals surface area contributed by atoms with Crippen molar-refractivity contribution < 1.29 is 30.5 Å². The molecule has 0 fully saturated rings. The zero-order chi connectivity index (χ0) is 18.0. The highest BCUT2D eigenvalue weighted by Crippen LogP contribution is 2.30. The lowest BCUT2D eigenvalue weighted by molar-refractivity contribution is -0.159. The van der Waals surface area contributed by atoms with Crippen molar-refractivity contribution >= 4 is 10.0 Å². The van der Waals surface area contributed by atoms with Gasteiger partial charge in [-0.05, 0) is 24.6 Å². The van der Waals surface area contributed by atoms with E-state index in [4.69, 9.17) is 0 Å². The lowest BCUT2D eigenvalue weighted by Crippen LogP contribution is -2.20. The van der Waals surface area contributed by atoms with Crippen molar-refractivity contribution in [1.82, 2.24) is 14.9 Å². The molecule has 0 aliphatic heterocycles. The summed E-state index contributed by atoms with van der Waals surface area (Å²) in [4.78, 5) is 3.09. The Kier molecular flexibility index (Phi) is 5.04. The van der Waals surface area contributed by atoms with Crippen molar-refractivity contribution in [3.05, 3.63) is 47.0 Å². The van der Waals surface area contributed by atoms with Crippen LogP contribution < -0.4 is 4.72 Å². The number of sulfonamides is 1. The molecule has 0 aliphatic carbocycles. The molecule has 1 aromatic heterocycles. The maximum atomic E-state index is 14.0. The largest absolute Gasteiger partial charge is 0.471 e. The molecule has 11 heteroatoms.